The molecule has 552 valence electrons. The predicted molar refractivity (Wildman–Crippen MR) is 377 cm³/mol. The Labute approximate surface area is 568 Å². The third kappa shape index (κ3) is 67.0. The Morgan fingerprint density at radius 3 is 0.817 bits per heavy atom. The van der Waals surface area contributed by atoms with Crippen molar-refractivity contribution in [3.05, 3.63) is 0 Å². The third-order valence-electron chi connectivity index (χ3n) is 17.6. The number of carbonyl (C=O) groups is 4. The lowest BCUT2D eigenvalue weighted by molar-refractivity contribution is -0.161. The summed E-state index contributed by atoms with van der Waals surface area (Å²) < 4.78 is 68.5. The molecule has 93 heavy (non-hydrogen) atoms. The van der Waals surface area contributed by atoms with Crippen LogP contribution in [0.15, 0.2) is 0 Å². The second-order valence-electron chi connectivity index (χ2n) is 27.4. The van der Waals surface area contributed by atoms with E-state index in [1.54, 1.807) is 0 Å². The van der Waals surface area contributed by atoms with Crippen LogP contribution in [-0.2, 0) is 65.4 Å². The van der Waals surface area contributed by atoms with Crippen LogP contribution in [0.2, 0.25) is 0 Å². The first-order valence-corrected chi connectivity index (χ1v) is 41.5. The molecule has 17 nitrogen and oxygen atoms in total. The van der Waals surface area contributed by atoms with Gasteiger partial charge in [-0.15, -0.1) is 0 Å². The molecule has 0 saturated carbocycles. The molecular formula is C74H144O17P2. The maximum absolute atomic E-state index is 13.1. The summed E-state index contributed by atoms with van der Waals surface area (Å²) in [5, 5.41) is 10.6. The minimum atomic E-state index is -4.96. The highest BCUT2D eigenvalue weighted by Crippen LogP contribution is 2.45. The number of hydrogen-bond donors (Lipinski definition) is 3. The Hall–Kier alpha value is -1.94. The van der Waals surface area contributed by atoms with Gasteiger partial charge in [0.15, 0.2) is 12.2 Å². The number of phosphoric ester groups is 2. The van der Waals surface area contributed by atoms with E-state index in [-0.39, 0.29) is 25.7 Å². The van der Waals surface area contributed by atoms with E-state index >= 15 is 0 Å². The molecule has 19 heteroatoms. The standard InChI is InChI=1S/C74H144O17P2/c1-7-10-12-14-16-18-20-22-26-34-40-46-52-58-73(78)90-69(62-84-71(76)56-50-44-38-32-19-17-15-13-11-8-2)64-88-92(80,81)86-60-68(75)61-87-93(82,83)89-65-70(63-85-72(77)57-51-45-39-33-29-28-31-37-43-49-55-67(6)9-3)91-74(79)59-53-47-41-35-27-24-21-23-25-30-36-42-48-54-66(4)5/h66-70,75H,7-65H2,1-6H3,(H,80,81)(H,82,83)/t67?,68-,69+,70+/m0/s1. The molecule has 6 atom stereocenters. The van der Waals surface area contributed by atoms with Crippen molar-refractivity contribution in [2.45, 2.75) is 400 Å². The molecule has 0 aromatic carbocycles. The van der Waals surface area contributed by atoms with E-state index < -0.39 is 97.5 Å². The normalized spacial score (nSPS) is 14.3. The molecule has 0 bridgehead atoms. The first-order chi connectivity index (χ1) is 44.9. The quantitative estimate of drug-likeness (QED) is 0.0222. The lowest BCUT2D eigenvalue weighted by atomic mass is 9.99. The Morgan fingerprint density at radius 1 is 0.312 bits per heavy atom. The van der Waals surface area contributed by atoms with Gasteiger partial charge in [0.2, 0.25) is 0 Å². The number of rotatable bonds is 73. The van der Waals surface area contributed by atoms with E-state index in [0.717, 1.165) is 102 Å². The molecule has 0 rings (SSSR count). The molecule has 0 aromatic rings. The predicted octanol–water partition coefficient (Wildman–Crippen LogP) is 21.6. The van der Waals surface area contributed by atoms with Crippen molar-refractivity contribution in [3.63, 3.8) is 0 Å². The molecule has 0 amide bonds. The topological polar surface area (TPSA) is 237 Å². The zero-order chi connectivity index (χ0) is 68.6. The second-order valence-corrected chi connectivity index (χ2v) is 30.3. The van der Waals surface area contributed by atoms with Gasteiger partial charge in [0.25, 0.3) is 0 Å². The van der Waals surface area contributed by atoms with Crippen molar-refractivity contribution in [2.24, 2.45) is 11.8 Å². The summed E-state index contributed by atoms with van der Waals surface area (Å²) >= 11 is 0. The van der Waals surface area contributed by atoms with Crippen LogP contribution in [-0.4, -0.2) is 96.7 Å². The van der Waals surface area contributed by atoms with E-state index in [1.807, 2.05) is 0 Å². The van der Waals surface area contributed by atoms with Crippen molar-refractivity contribution in [2.75, 3.05) is 39.6 Å². The zero-order valence-electron chi connectivity index (χ0n) is 60.6. The van der Waals surface area contributed by atoms with E-state index in [2.05, 4.69) is 41.5 Å². The van der Waals surface area contributed by atoms with Crippen LogP contribution < -0.4 is 0 Å². The van der Waals surface area contributed by atoms with Crippen LogP contribution >= 0.6 is 15.6 Å². The minimum Gasteiger partial charge on any atom is -0.462 e. The van der Waals surface area contributed by atoms with E-state index in [0.29, 0.717) is 25.7 Å². The first-order valence-electron chi connectivity index (χ1n) is 38.5. The van der Waals surface area contributed by atoms with E-state index in [4.69, 9.17) is 37.0 Å². The fourth-order valence-corrected chi connectivity index (χ4v) is 12.8. The number of carbonyl (C=O) groups excluding carboxylic acids is 4. The SMILES string of the molecule is CCCCCCCCCCCCCCCC(=O)O[C@H](COC(=O)CCCCCCCCCCCC)COP(=O)(O)OC[C@H](O)COP(=O)(O)OC[C@@H](COC(=O)CCCCCCCCCCCCC(C)CC)OC(=O)CCCCCCCCCCCCCCCC(C)C. The lowest BCUT2D eigenvalue weighted by Gasteiger charge is -2.21. The molecule has 0 spiro atoms. The first kappa shape index (κ1) is 91.1. The average molecular weight is 1370 g/mol. The largest absolute Gasteiger partial charge is 0.472 e. The fraction of sp³-hybridized carbons (Fsp3) is 0.946. The van der Waals surface area contributed by atoms with Crippen molar-refractivity contribution < 1.29 is 80.2 Å². The molecule has 0 aliphatic carbocycles. The number of aliphatic hydroxyl groups excluding tert-OH is 1. The minimum absolute atomic E-state index is 0.107. The summed E-state index contributed by atoms with van der Waals surface area (Å²) in [6.07, 6.45) is 52.5. The van der Waals surface area contributed by atoms with Crippen molar-refractivity contribution >= 4 is 39.5 Å². The van der Waals surface area contributed by atoms with Gasteiger partial charge in [-0.1, -0.05) is 330 Å². The summed E-state index contributed by atoms with van der Waals surface area (Å²) in [4.78, 5) is 72.7. The molecule has 0 aromatic heterocycles. The smallest absolute Gasteiger partial charge is 0.462 e. The van der Waals surface area contributed by atoms with Crippen LogP contribution in [0.25, 0.3) is 0 Å². The number of aliphatic hydroxyl groups is 1. The van der Waals surface area contributed by atoms with E-state index in [1.165, 1.54) is 199 Å². The highest BCUT2D eigenvalue weighted by atomic mass is 31.2. The second kappa shape index (κ2) is 66.0. The molecule has 0 heterocycles. The molecule has 0 saturated heterocycles. The Morgan fingerprint density at radius 2 is 0.548 bits per heavy atom. The summed E-state index contributed by atoms with van der Waals surface area (Å²) in [7, 11) is -9.91. The maximum atomic E-state index is 13.1. The Balaban J connectivity index is 5.26. The lowest BCUT2D eigenvalue weighted by Crippen LogP contribution is -2.30. The molecular weight excluding hydrogens is 1220 g/mol. The van der Waals surface area contributed by atoms with Gasteiger partial charge in [-0.2, -0.15) is 0 Å². The molecule has 0 fully saturated rings. The average Bonchev–Trinajstić information content (AvgIpc) is 2.05. The zero-order valence-corrected chi connectivity index (χ0v) is 62.3. The molecule has 0 aliphatic heterocycles. The van der Waals surface area contributed by atoms with Gasteiger partial charge in [-0.05, 0) is 37.5 Å². The summed E-state index contributed by atoms with van der Waals surface area (Å²) in [5.41, 5.74) is 0. The van der Waals surface area contributed by atoms with Crippen LogP contribution in [0.1, 0.15) is 382 Å². The van der Waals surface area contributed by atoms with Gasteiger partial charge in [0.05, 0.1) is 26.4 Å². The molecule has 3 unspecified atom stereocenters. The van der Waals surface area contributed by atoms with Crippen molar-refractivity contribution in [3.8, 4) is 0 Å². The van der Waals surface area contributed by atoms with Gasteiger partial charge >= 0.3 is 39.5 Å². The highest BCUT2D eigenvalue weighted by molar-refractivity contribution is 7.47. The maximum Gasteiger partial charge on any atom is 0.472 e. The third-order valence-corrected chi connectivity index (χ3v) is 19.5. The number of ether oxygens (including phenoxy) is 4. The van der Waals surface area contributed by atoms with Gasteiger partial charge < -0.3 is 33.8 Å². The van der Waals surface area contributed by atoms with Gasteiger partial charge in [-0.25, -0.2) is 9.13 Å². The van der Waals surface area contributed by atoms with E-state index in [9.17, 15) is 43.2 Å². The summed E-state index contributed by atoms with van der Waals surface area (Å²) in [5.74, 6) is -0.520. The molecule has 0 aliphatic rings. The van der Waals surface area contributed by atoms with Gasteiger partial charge in [0, 0.05) is 25.7 Å². The van der Waals surface area contributed by atoms with Crippen LogP contribution in [0.3, 0.4) is 0 Å². The van der Waals surface area contributed by atoms with Crippen LogP contribution in [0, 0.1) is 11.8 Å². The summed E-state index contributed by atoms with van der Waals surface area (Å²) in [6, 6.07) is 0. The van der Waals surface area contributed by atoms with Crippen LogP contribution in [0.4, 0.5) is 0 Å². The number of unbranched alkanes of at least 4 members (excludes halogenated alkanes) is 42. The number of hydrogen-bond acceptors (Lipinski definition) is 15. The summed E-state index contributed by atoms with van der Waals surface area (Å²) in [6.45, 7) is 9.62. The highest BCUT2D eigenvalue weighted by Gasteiger charge is 2.30. The molecule has 3 N–H and O–H groups in total. The number of esters is 4. The van der Waals surface area contributed by atoms with Gasteiger partial charge in [0.1, 0.15) is 19.3 Å². The van der Waals surface area contributed by atoms with Crippen LogP contribution in [0.5, 0.6) is 0 Å². The number of phosphoric acid groups is 2. The van der Waals surface area contributed by atoms with Crippen molar-refractivity contribution in [1.29, 1.82) is 0 Å². The Kier molecular flexibility index (Phi) is 64.6. The Bertz CT molecular complexity index is 1810. The fourth-order valence-electron chi connectivity index (χ4n) is 11.3. The van der Waals surface area contributed by atoms with Gasteiger partial charge in [-0.3, -0.25) is 37.3 Å². The monoisotopic (exact) mass is 1370 g/mol. The molecule has 0 radical (unpaired) electrons. The van der Waals surface area contributed by atoms with Crippen molar-refractivity contribution in [1.82, 2.24) is 0 Å².